The molecule has 0 fully saturated rings. The van der Waals surface area contributed by atoms with Crippen LogP contribution in [-0.4, -0.2) is 22.5 Å². The second-order valence-corrected chi connectivity index (χ2v) is 5.97. The number of rotatable bonds is 5. The third-order valence-corrected chi connectivity index (χ3v) is 3.62. The number of benzene rings is 2. The Kier molecular flexibility index (Phi) is 6.70. The molecule has 2 aromatic carbocycles. The molecule has 10 heteroatoms. The van der Waals surface area contributed by atoms with Crippen molar-refractivity contribution in [2.75, 3.05) is 11.9 Å². The number of thiocarbonyl (C=S) groups is 1. The van der Waals surface area contributed by atoms with Crippen LogP contribution in [0.5, 0.6) is 5.75 Å². The van der Waals surface area contributed by atoms with Crippen LogP contribution in [0.15, 0.2) is 42.5 Å². The molecule has 8 nitrogen and oxygen atoms in total. The van der Waals surface area contributed by atoms with Gasteiger partial charge in [-0.15, -0.1) is 0 Å². The molecule has 2 aromatic rings. The number of hydrogen-bond donors (Lipinski definition) is 3. The Balaban J connectivity index is 1.82. The van der Waals surface area contributed by atoms with Gasteiger partial charge in [-0.1, -0.05) is 23.7 Å². The van der Waals surface area contributed by atoms with Crippen molar-refractivity contribution in [2.24, 2.45) is 0 Å². The van der Waals surface area contributed by atoms with E-state index in [0.717, 1.165) is 5.56 Å². The summed E-state index contributed by atoms with van der Waals surface area (Å²) in [5.41, 5.74) is 5.93. The van der Waals surface area contributed by atoms with Crippen LogP contribution in [0.25, 0.3) is 0 Å². The molecule has 3 N–H and O–H groups in total. The summed E-state index contributed by atoms with van der Waals surface area (Å²) in [5.74, 6) is 0.116. The smallest absolute Gasteiger partial charge is 0.276 e. The van der Waals surface area contributed by atoms with Gasteiger partial charge in [-0.3, -0.25) is 25.8 Å². The van der Waals surface area contributed by atoms with E-state index in [1.807, 2.05) is 19.1 Å². The first-order valence-electron chi connectivity index (χ1n) is 7.34. The summed E-state index contributed by atoms with van der Waals surface area (Å²) in [5, 5.41) is 13.7. The second kappa shape index (κ2) is 8.97. The van der Waals surface area contributed by atoms with Crippen LogP contribution in [0, 0.1) is 17.0 Å². The van der Waals surface area contributed by atoms with E-state index in [-0.39, 0.29) is 28.1 Å². The minimum absolute atomic E-state index is 0.0105. The fourth-order valence-corrected chi connectivity index (χ4v) is 2.22. The van der Waals surface area contributed by atoms with Gasteiger partial charge in [-0.05, 0) is 42.9 Å². The van der Waals surface area contributed by atoms with Gasteiger partial charge in [0.2, 0.25) is 0 Å². The number of carbonyl (C=O) groups is 1. The summed E-state index contributed by atoms with van der Waals surface area (Å²) in [7, 11) is 0. The highest BCUT2D eigenvalue weighted by molar-refractivity contribution is 7.80. The maximum absolute atomic E-state index is 11.8. The van der Waals surface area contributed by atoms with Gasteiger partial charge in [0.1, 0.15) is 5.75 Å². The van der Waals surface area contributed by atoms with E-state index < -0.39 is 10.8 Å². The monoisotopic (exact) mass is 394 g/mol. The zero-order chi connectivity index (χ0) is 19.1. The minimum atomic E-state index is -0.553. The van der Waals surface area contributed by atoms with Crippen molar-refractivity contribution in [3.63, 3.8) is 0 Å². The van der Waals surface area contributed by atoms with Crippen LogP contribution in [0.3, 0.4) is 0 Å². The average Bonchev–Trinajstić information content (AvgIpc) is 2.60. The van der Waals surface area contributed by atoms with Gasteiger partial charge in [0.05, 0.1) is 15.6 Å². The first-order chi connectivity index (χ1) is 12.3. The van der Waals surface area contributed by atoms with Crippen LogP contribution < -0.4 is 20.9 Å². The van der Waals surface area contributed by atoms with Crippen molar-refractivity contribution in [3.8, 4) is 5.75 Å². The predicted molar refractivity (Wildman–Crippen MR) is 102 cm³/mol. The lowest BCUT2D eigenvalue weighted by molar-refractivity contribution is -0.384. The predicted octanol–water partition coefficient (Wildman–Crippen LogP) is 2.95. The molecule has 0 aromatic heterocycles. The van der Waals surface area contributed by atoms with Gasteiger partial charge in [0.25, 0.3) is 11.6 Å². The number of hydrogen-bond acceptors (Lipinski definition) is 5. The normalized spacial score (nSPS) is 9.92. The number of nitrogens with zero attached hydrogens (tertiary/aromatic N) is 1. The number of aryl methyl sites for hydroxylation is 1. The van der Waals surface area contributed by atoms with Crippen molar-refractivity contribution in [3.05, 3.63) is 63.2 Å². The van der Waals surface area contributed by atoms with Crippen molar-refractivity contribution in [1.82, 2.24) is 10.9 Å². The zero-order valence-electron chi connectivity index (χ0n) is 13.6. The summed E-state index contributed by atoms with van der Waals surface area (Å²) in [6.45, 7) is 1.70. The van der Waals surface area contributed by atoms with Gasteiger partial charge in [-0.2, -0.15) is 0 Å². The summed E-state index contributed by atoms with van der Waals surface area (Å²) in [6, 6.07) is 11.2. The number of anilines is 1. The number of amides is 1. The molecule has 0 heterocycles. The maximum Gasteiger partial charge on any atom is 0.276 e. The third-order valence-electron chi connectivity index (χ3n) is 3.08. The van der Waals surface area contributed by atoms with E-state index in [9.17, 15) is 14.9 Å². The molecule has 0 atom stereocenters. The molecule has 0 saturated carbocycles. The Morgan fingerprint density at radius 3 is 2.73 bits per heavy atom. The molecule has 0 aliphatic carbocycles. The second-order valence-electron chi connectivity index (χ2n) is 5.15. The number of nitro groups is 1. The first kappa shape index (κ1) is 19.4. The molecular formula is C16H15ClN4O4S. The topological polar surface area (TPSA) is 106 Å². The number of nitro benzene ring substituents is 1. The SMILES string of the molecule is Cc1cccc(OCC(=O)NNC(=S)Nc2cc([N+](=O)[O-])ccc2Cl)c1. The highest BCUT2D eigenvalue weighted by atomic mass is 35.5. The van der Waals surface area contributed by atoms with E-state index in [1.54, 1.807) is 12.1 Å². The Morgan fingerprint density at radius 1 is 1.27 bits per heavy atom. The number of halogens is 1. The first-order valence-corrected chi connectivity index (χ1v) is 8.13. The maximum atomic E-state index is 11.8. The number of ether oxygens (including phenoxy) is 1. The van der Waals surface area contributed by atoms with Crippen LogP contribution >= 0.6 is 23.8 Å². The van der Waals surface area contributed by atoms with E-state index >= 15 is 0 Å². The van der Waals surface area contributed by atoms with Crippen molar-refractivity contribution in [2.45, 2.75) is 6.92 Å². The van der Waals surface area contributed by atoms with Crippen LogP contribution in [0.1, 0.15) is 5.56 Å². The van der Waals surface area contributed by atoms with Gasteiger partial charge < -0.3 is 10.1 Å². The lowest BCUT2D eigenvalue weighted by Gasteiger charge is -2.13. The number of carbonyl (C=O) groups excluding carboxylic acids is 1. The Morgan fingerprint density at radius 2 is 2.04 bits per heavy atom. The van der Waals surface area contributed by atoms with Gasteiger partial charge in [0.15, 0.2) is 11.7 Å². The van der Waals surface area contributed by atoms with Crippen molar-refractivity contribution in [1.29, 1.82) is 0 Å². The van der Waals surface area contributed by atoms with E-state index in [2.05, 4.69) is 16.2 Å². The molecule has 26 heavy (non-hydrogen) atoms. The molecule has 0 radical (unpaired) electrons. The number of hydrazine groups is 1. The number of non-ortho nitro benzene ring substituents is 1. The molecule has 0 spiro atoms. The fourth-order valence-electron chi connectivity index (χ4n) is 1.89. The number of nitrogens with one attached hydrogen (secondary N) is 3. The van der Waals surface area contributed by atoms with Crippen molar-refractivity contribution < 1.29 is 14.5 Å². The van der Waals surface area contributed by atoms with E-state index in [1.165, 1.54) is 18.2 Å². The van der Waals surface area contributed by atoms with Crippen LogP contribution in [-0.2, 0) is 4.79 Å². The van der Waals surface area contributed by atoms with E-state index in [0.29, 0.717) is 5.75 Å². The summed E-state index contributed by atoms with van der Waals surface area (Å²) in [6.07, 6.45) is 0. The average molecular weight is 395 g/mol. The molecule has 0 bridgehead atoms. The van der Waals surface area contributed by atoms with Gasteiger partial charge >= 0.3 is 0 Å². The van der Waals surface area contributed by atoms with Gasteiger partial charge in [-0.25, -0.2) is 0 Å². The minimum Gasteiger partial charge on any atom is -0.484 e. The lowest BCUT2D eigenvalue weighted by Crippen LogP contribution is -2.45. The Labute approximate surface area is 159 Å². The summed E-state index contributed by atoms with van der Waals surface area (Å²) < 4.78 is 5.35. The molecule has 1 amide bonds. The Hall–Kier alpha value is -2.91. The van der Waals surface area contributed by atoms with E-state index in [4.69, 9.17) is 28.6 Å². The molecule has 0 saturated heterocycles. The highest BCUT2D eigenvalue weighted by Gasteiger charge is 2.11. The Bertz CT molecular complexity index is 847. The molecule has 0 aliphatic heterocycles. The third kappa shape index (κ3) is 5.87. The standard InChI is InChI=1S/C16H15ClN4O4S/c1-10-3-2-4-12(7-10)25-9-15(22)19-20-16(26)18-14-8-11(21(23)24)5-6-13(14)17/h2-8H,9H2,1H3,(H,19,22)(H2,18,20,26). The molecule has 136 valence electrons. The van der Waals surface area contributed by atoms with Crippen molar-refractivity contribution >= 4 is 46.2 Å². The largest absolute Gasteiger partial charge is 0.484 e. The lowest BCUT2D eigenvalue weighted by atomic mass is 10.2. The summed E-state index contributed by atoms with van der Waals surface area (Å²) in [4.78, 5) is 22.0. The summed E-state index contributed by atoms with van der Waals surface area (Å²) >= 11 is 11.0. The fraction of sp³-hybridized carbons (Fsp3) is 0.125. The van der Waals surface area contributed by atoms with Crippen LogP contribution in [0.2, 0.25) is 5.02 Å². The molecule has 0 unspecified atom stereocenters. The van der Waals surface area contributed by atoms with Gasteiger partial charge in [0, 0.05) is 12.1 Å². The molecule has 2 rings (SSSR count). The molecular weight excluding hydrogens is 380 g/mol. The van der Waals surface area contributed by atoms with Crippen LogP contribution in [0.4, 0.5) is 11.4 Å². The molecule has 0 aliphatic rings. The highest BCUT2D eigenvalue weighted by Crippen LogP contribution is 2.26. The quantitative estimate of drug-likeness (QED) is 0.406. The zero-order valence-corrected chi connectivity index (χ0v) is 15.2.